The molecule has 1 aliphatic heterocycles. The van der Waals surface area contributed by atoms with Crippen LogP contribution in [-0.4, -0.2) is 13.7 Å². The first-order valence-electron chi connectivity index (χ1n) is 9.43. The van der Waals surface area contributed by atoms with Gasteiger partial charge in [0.05, 0.1) is 23.9 Å². The van der Waals surface area contributed by atoms with E-state index < -0.39 is 0 Å². The number of ether oxygens (including phenoxy) is 1. The van der Waals surface area contributed by atoms with Gasteiger partial charge in [-0.3, -0.25) is 0 Å². The van der Waals surface area contributed by atoms with Gasteiger partial charge in [-0.1, -0.05) is 17.8 Å². The summed E-state index contributed by atoms with van der Waals surface area (Å²) in [5.41, 5.74) is 5.03. The van der Waals surface area contributed by atoms with Crippen LogP contribution < -0.4 is 14.2 Å². The van der Waals surface area contributed by atoms with Crippen LogP contribution >= 0.6 is 11.8 Å². The zero-order valence-electron chi connectivity index (χ0n) is 16.3. The van der Waals surface area contributed by atoms with E-state index in [0.717, 1.165) is 18.8 Å². The van der Waals surface area contributed by atoms with Crippen molar-refractivity contribution in [2.24, 2.45) is 0 Å². The fourth-order valence-electron chi connectivity index (χ4n) is 3.68. The Balaban J connectivity index is 1.83. The van der Waals surface area contributed by atoms with Crippen LogP contribution in [-0.2, 0) is 6.54 Å². The Morgan fingerprint density at radius 3 is 2.63 bits per heavy atom. The molecule has 3 nitrogen and oxygen atoms in total. The molecule has 0 radical (unpaired) electrons. The summed E-state index contributed by atoms with van der Waals surface area (Å²) in [5, 5.41) is 2.51. The zero-order chi connectivity index (χ0) is 19.0. The fraction of sp³-hybridized carbons (Fsp3) is 0.261. The molecule has 1 aromatic heterocycles. The summed E-state index contributed by atoms with van der Waals surface area (Å²) < 4.78 is 7.80. The van der Waals surface area contributed by atoms with Crippen molar-refractivity contribution >= 4 is 34.4 Å². The van der Waals surface area contributed by atoms with Crippen LogP contribution in [0, 0.1) is 6.92 Å². The molecule has 0 saturated carbocycles. The normalized spacial score (nSPS) is 14.8. The second kappa shape index (κ2) is 7.28. The fourth-order valence-corrected chi connectivity index (χ4v) is 4.95. The molecule has 4 heteroatoms. The first kappa shape index (κ1) is 17.9. The average molecular weight is 378 g/mol. The van der Waals surface area contributed by atoms with Crippen molar-refractivity contribution in [2.45, 2.75) is 32.2 Å². The minimum Gasteiger partial charge on any atom is -0.497 e. The largest absolute Gasteiger partial charge is 0.497 e. The molecule has 0 N–H and O–H groups in total. The zero-order valence-corrected chi connectivity index (χ0v) is 17.1. The smallest absolute Gasteiger partial charge is 0.216 e. The summed E-state index contributed by atoms with van der Waals surface area (Å²) in [6.07, 6.45) is 2.31. The minimum absolute atomic E-state index is 0.891. The Labute approximate surface area is 165 Å². The van der Waals surface area contributed by atoms with Gasteiger partial charge in [0.25, 0.3) is 0 Å². The van der Waals surface area contributed by atoms with Crippen LogP contribution in [0.3, 0.4) is 0 Å². The highest BCUT2D eigenvalue weighted by Gasteiger charge is 2.25. The van der Waals surface area contributed by atoms with E-state index in [4.69, 9.17) is 4.74 Å². The van der Waals surface area contributed by atoms with Gasteiger partial charge in [-0.05, 0) is 56.7 Å². The van der Waals surface area contributed by atoms with Crippen molar-refractivity contribution in [3.8, 4) is 5.75 Å². The molecule has 0 bridgehead atoms. The predicted molar refractivity (Wildman–Crippen MR) is 114 cm³/mol. The lowest BCUT2D eigenvalue weighted by Crippen LogP contribution is -2.37. The Hall–Kier alpha value is -2.46. The monoisotopic (exact) mass is 377 g/mol. The third-order valence-electron chi connectivity index (χ3n) is 5.06. The molecule has 2 heterocycles. The number of aromatic nitrogens is 1. The lowest BCUT2D eigenvalue weighted by Gasteiger charge is -2.17. The van der Waals surface area contributed by atoms with Gasteiger partial charge < -0.3 is 9.64 Å². The van der Waals surface area contributed by atoms with E-state index in [-0.39, 0.29) is 0 Å². The number of methoxy groups -OCH3 is 1. The molecule has 0 spiro atoms. The van der Waals surface area contributed by atoms with Gasteiger partial charge in [0.2, 0.25) is 11.2 Å². The third kappa shape index (κ3) is 3.19. The molecule has 0 saturated heterocycles. The molecule has 0 fully saturated rings. The predicted octanol–water partition coefficient (Wildman–Crippen LogP) is 5.39. The van der Waals surface area contributed by atoms with Gasteiger partial charge in [-0.15, -0.1) is 0 Å². The Morgan fingerprint density at radius 1 is 1.07 bits per heavy atom. The van der Waals surface area contributed by atoms with Crippen molar-refractivity contribution in [3.63, 3.8) is 0 Å². The molecular formula is C23H25N2OS+. The number of hydrogen-bond acceptors (Lipinski definition) is 3. The molecule has 0 amide bonds. The second-order valence-electron chi connectivity index (χ2n) is 6.73. The number of benzene rings is 2. The maximum atomic E-state index is 5.44. The van der Waals surface area contributed by atoms with Gasteiger partial charge in [-0.2, -0.15) is 4.57 Å². The van der Waals surface area contributed by atoms with Gasteiger partial charge in [0.15, 0.2) is 0 Å². The van der Waals surface area contributed by atoms with Gasteiger partial charge in [-0.25, -0.2) is 0 Å². The van der Waals surface area contributed by atoms with E-state index in [9.17, 15) is 0 Å². The Bertz CT molecular complexity index is 1040. The van der Waals surface area contributed by atoms with E-state index in [2.05, 4.69) is 78.8 Å². The van der Waals surface area contributed by atoms with E-state index in [1.807, 2.05) is 17.8 Å². The molecule has 3 aromatic rings. The quantitative estimate of drug-likeness (QED) is 0.567. The van der Waals surface area contributed by atoms with Crippen molar-refractivity contribution in [1.29, 1.82) is 0 Å². The molecule has 1 aliphatic rings. The van der Waals surface area contributed by atoms with E-state index >= 15 is 0 Å². The average Bonchev–Trinajstić information content (AvgIpc) is 3.03. The Kier molecular flexibility index (Phi) is 4.83. The molecule has 4 rings (SSSR count). The summed E-state index contributed by atoms with van der Waals surface area (Å²) in [5.74, 6) is 0.891. The van der Waals surface area contributed by atoms with Crippen LogP contribution in [0.1, 0.15) is 25.1 Å². The van der Waals surface area contributed by atoms with Crippen molar-refractivity contribution in [1.82, 2.24) is 0 Å². The van der Waals surface area contributed by atoms with E-state index in [1.165, 1.54) is 37.8 Å². The van der Waals surface area contributed by atoms with Gasteiger partial charge in [0.1, 0.15) is 12.3 Å². The topological polar surface area (TPSA) is 16.4 Å². The minimum atomic E-state index is 0.891. The maximum absolute atomic E-state index is 5.44. The number of pyridine rings is 1. The summed E-state index contributed by atoms with van der Waals surface area (Å²) >= 11 is 1.86. The first-order valence-corrected chi connectivity index (χ1v) is 10.2. The number of nitrogens with zero attached hydrogens (tertiary/aromatic N) is 2. The van der Waals surface area contributed by atoms with Gasteiger partial charge in [0, 0.05) is 29.0 Å². The number of aryl methyl sites for hydroxylation is 2. The molecule has 27 heavy (non-hydrogen) atoms. The van der Waals surface area contributed by atoms with Crippen LogP contribution in [0.25, 0.3) is 17.0 Å². The highest BCUT2D eigenvalue weighted by Crippen LogP contribution is 2.46. The molecule has 138 valence electrons. The maximum Gasteiger partial charge on any atom is 0.216 e. The number of hydrogen-bond donors (Lipinski definition) is 0. The number of rotatable bonds is 4. The van der Waals surface area contributed by atoms with E-state index in [1.54, 1.807) is 7.11 Å². The van der Waals surface area contributed by atoms with E-state index in [0.29, 0.717) is 0 Å². The lowest BCUT2D eigenvalue weighted by molar-refractivity contribution is -0.669. The number of thioether (sulfide) groups is 1. The summed E-state index contributed by atoms with van der Waals surface area (Å²) in [4.78, 5) is 3.74. The first-order chi connectivity index (χ1) is 13.1. The number of anilines is 1. The van der Waals surface area contributed by atoms with Gasteiger partial charge >= 0.3 is 0 Å². The van der Waals surface area contributed by atoms with Crippen LogP contribution in [0.15, 0.2) is 58.5 Å². The molecule has 0 aliphatic carbocycles. The molecule has 0 unspecified atom stereocenters. The van der Waals surface area contributed by atoms with Crippen LogP contribution in [0.5, 0.6) is 5.75 Å². The SMILES string of the molecule is CCN1/C(=C/c2ccc3ccc(OC)cc3[n+]2CC)Sc2cc(C)ccc21. The summed E-state index contributed by atoms with van der Waals surface area (Å²) in [6.45, 7) is 8.43. The highest BCUT2D eigenvalue weighted by molar-refractivity contribution is 8.03. The summed E-state index contributed by atoms with van der Waals surface area (Å²) in [7, 11) is 1.72. The van der Waals surface area contributed by atoms with Crippen molar-refractivity contribution in [2.75, 3.05) is 18.6 Å². The van der Waals surface area contributed by atoms with Crippen molar-refractivity contribution < 1.29 is 9.30 Å². The molecule has 0 atom stereocenters. The van der Waals surface area contributed by atoms with Crippen LogP contribution in [0.2, 0.25) is 0 Å². The molecule has 2 aromatic carbocycles. The second-order valence-corrected chi connectivity index (χ2v) is 7.79. The number of fused-ring (bicyclic) bond motifs is 2. The Morgan fingerprint density at radius 2 is 1.89 bits per heavy atom. The lowest BCUT2D eigenvalue weighted by atomic mass is 10.1. The molecular weight excluding hydrogens is 352 g/mol. The van der Waals surface area contributed by atoms with Crippen LogP contribution in [0.4, 0.5) is 5.69 Å². The standard InChI is InChI=1S/C23H25N2OS/c1-5-24-18(10-8-17-9-11-19(26-4)15-21(17)24)14-23-25(6-2)20-12-7-16(3)13-22(20)27-23/h7-15H,5-6H2,1-4H3/q+1. The highest BCUT2D eigenvalue weighted by atomic mass is 32.2. The summed E-state index contributed by atoms with van der Waals surface area (Å²) in [6, 6.07) is 17.4. The third-order valence-corrected chi connectivity index (χ3v) is 6.16. The van der Waals surface area contributed by atoms with Crippen molar-refractivity contribution in [3.05, 3.63) is 64.8 Å².